The second kappa shape index (κ2) is 3.87. The summed E-state index contributed by atoms with van der Waals surface area (Å²) < 4.78 is 0. The quantitative estimate of drug-likeness (QED) is 0.537. The van der Waals surface area contributed by atoms with Gasteiger partial charge in [0.1, 0.15) is 0 Å². The van der Waals surface area contributed by atoms with E-state index in [1.165, 1.54) is 0 Å². The van der Waals surface area contributed by atoms with Gasteiger partial charge in [0.2, 0.25) is 0 Å². The zero-order chi connectivity index (χ0) is 9.03. The Hall–Kier alpha value is -0.610. The third kappa shape index (κ3) is 2.19. The van der Waals surface area contributed by atoms with Crippen LogP contribution in [0, 0.1) is 0 Å². The van der Waals surface area contributed by atoms with Crippen LogP contribution in [0.2, 0.25) is 0 Å². The highest BCUT2D eigenvalue weighted by molar-refractivity contribution is 5.68. The summed E-state index contributed by atoms with van der Waals surface area (Å²) in [6, 6.07) is 0. The van der Waals surface area contributed by atoms with Crippen LogP contribution in [-0.4, -0.2) is 36.2 Å². The summed E-state index contributed by atoms with van der Waals surface area (Å²) in [5, 5.41) is 15.0. The molecule has 0 aliphatic carbocycles. The number of hydrogen-bond donors (Lipinski definition) is 3. The predicted molar refractivity (Wildman–Crippen MR) is 46.1 cm³/mol. The molecule has 1 aliphatic rings. The topological polar surface area (TPSA) is 61.4 Å². The lowest BCUT2D eigenvalue weighted by Gasteiger charge is -2.42. The van der Waals surface area contributed by atoms with E-state index in [4.69, 9.17) is 5.11 Å². The Labute approximate surface area is 72.3 Å². The summed E-state index contributed by atoms with van der Waals surface area (Å²) in [7, 11) is 0. The van der Waals surface area contributed by atoms with Crippen LogP contribution >= 0.6 is 0 Å². The van der Waals surface area contributed by atoms with Crippen molar-refractivity contribution in [2.24, 2.45) is 0 Å². The van der Waals surface area contributed by atoms with Gasteiger partial charge in [-0.1, -0.05) is 6.92 Å². The van der Waals surface area contributed by atoms with Crippen LogP contribution < -0.4 is 10.6 Å². The first-order chi connectivity index (χ1) is 5.68. The largest absolute Gasteiger partial charge is 0.481 e. The van der Waals surface area contributed by atoms with E-state index in [1.54, 1.807) is 0 Å². The van der Waals surface area contributed by atoms with Gasteiger partial charge in [-0.05, 0) is 13.0 Å². The molecule has 0 saturated carbocycles. The van der Waals surface area contributed by atoms with Crippen LogP contribution in [-0.2, 0) is 4.79 Å². The molecule has 0 aromatic rings. The minimum absolute atomic E-state index is 0.165. The molecule has 0 amide bonds. The van der Waals surface area contributed by atoms with E-state index >= 15 is 0 Å². The monoisotopic (exact) mass is 172 g/mol. The van der Waals surface area contributed by atoms with E-state index in [0.717, 1.165) is 26.1 Å². The average Bonchev–Trinajstić information content (AvgIpc) is 1.94. The molecule has 3 N–H and O–H groups in total. The molecule has 0 radical (unpaired) electrons. The van der Waals surface area contributed by atoms with Gasteiger partial charge in [-0.25, -0.2) is 0 Å². The number of carboxylic acids is 1. The molecule has 0 aromatic carbocycles. The maximum absolute atomic E-state index is 10.5. The summed E-state index contributed by atoms with van der Waals surface area (Å²) in [6.07, 6.45) is 1.27. The Morgan fingerprint density at radius 3 is 2.67 bits per heavy atom. The lowest BCUT2D eigenvalue weighted by Crippen LogP contribution is -2.68. The molecule has 0 bridgehead atoms. The molecule has 70 valence electrons. The zero-order valence-corrected chi connectivity index (χ0v) is 7.39. The summed E-state index contributed by atoms with van der Waals surface area (Å²) in [4.78, 5) is 10.5. The number of carbonyl (C=O) groups is 1. The molecule has 1 aliphatic heterocycles. The van der Waals surface area contributed by atoms with E-state index in [2.05, 4.69) is 17.6 Å². The molecular formula is C8H16N2O2. The Morgan fingerprint density at radius 2 is 2.33 bits per heavy atom. The first-order valence-corrected chi connectivity index (χ1v) is 4.36. The standard InChI is InChI=1S/C8H16N2O2/c1-2-3-10-8(4-7(11)12)5-9-6-8/h9-10H,2-6H2,1H3,(H,11,12). The van der Waals surface area contributed by atoms with Gasteiger partial charge in [-0.3, -0.25) is 4.79 Å². The van der Waals surface area contributed by atoms with E-state index in [-0.39, 0.29) is 12.0 Å². The molecule has 4 heteroatoms. The molecule has 4 nitrogen and oxygen atoms in total. The Balaban J connectivity index is 2.34. The number of hydrogen-bond acceptors (Lipinski definition) is 3. The minimum Gasteiger partial charge on any atom is -0.481 e. The van der Waals surface area contributed by atoms with Crippen molar-refractivity contribution in [1.29, 1.82) is 0 Å². The molecule has 0 aromatic heterocycles. The SMILES string of the molecule is CCCNC1(CC(=O)O)CNC1. The number of rotatable bonds is 5. The van der Waals surface area contributed by atoms with Crippen molar-refractivity contribution in [1.82, 2.24) is 10.6 Å². The Kier molecular flexibility index (Phi) is 3.05. The van der Waals surface area contributed by atoms with Gasteiger partial charge in [-0.2, -0.15) is 0 Å². The summed E-state index contributed by atoms with van der Waals surface area (Å²) in [5.74, 6) is -0.722. The molecule has 12 heavy (non-hydrogen) atoms. The number of nitrogens with one attached hydrogen (secondary N) is 2. The van der Waals surface area contributed by atoms with Crippen LogP contribution in [0.4, 0.5) is 0 Å². The third-order valence-corrected chi connectivity index (χ3v) is 2.17. The van der Waals surface area contributed by atoms with E-state index in [9.17, 15) is 4.79 Å². The minimum atomic E-state index is -0.722. The second-order valence-corrected chi connectivity index (χ2v) is 3.38. The van der Waals surface area contributed by atoms with Gasteiger partial charge in [0.15, 0.2) is 0 Å². The number of carboxylic acid groups (broad SMARTS) is 1. The van der Waals surface area contributed by atoms with Gasteiger partial charge >= 0.3 is 5.97 Å². The van der Waals surface area contributed by atoms with Crippen LogP contribution in [0.1, 0.15) is 19.8 Å². The van der Waals surface area contributed by atoms with Gasteiger partial charge < -0.3 is 15.7 Å². The van der Waals surface area contributed by atoms with Crippen LogP contribution in [0.5, 0.6) is 0 Å². The lowest BCUT2D eigenvalue weighted by molar-refractivity contribution is -0.139. The normalized spacial score (nSPS) is 20.1. The maximum atomic E-state index is 10.5. The average molecular weight is 172 g/mol. The molecule has 1 rings (SSSR count). The lowest BCUT2D eigenvalue weighted by atomic mass is 9.88. The fourth-order valence-electron chi connectivity index (χ4n) is 1.42. The fourth-order valence-corrected chi connectivity index (χ4v) is 1.42. The first kappa shape index (κ1) is 9.48. The van der Waals surface area contributed by atoms with E-state index in [0.29, 0.717) is 0 Å². The van der Waals surface area contributed by atoms with Crippen molar-refractivity contribution in [2.45, 2.75) is 25.3 Å². The zero-order valence-electron chi connectivity index (χ0n) is 7.39. The fraction of sp³-hybridized carbons (Fsp3) is 0.875. The molecule has 1 saturated heterocycles. The molecular weight excluding hydrogens is 156 g/mol. The highest BCUT2D eigenvalue weighted by atomic mass is 16.4. The molecule has 1 heterocycles. The first-order valence-electron chi connectivity index (χ1n) is 4.36. The van der Waals surface area contributed by atoms with Crippen LogP contribution in [0.15, 0.2) is 0 Å². The van der Waals surface area contributed by atoms with Crippen molar-refractivity contribution < 1.29 is 9.90 Å². The van der Waals surface area contributed by atoms with Crippen molar-refractivity contribution >= 4 is 5.97 Å². The van der Waals surface area contributed by atoms with Gasteiger partial charge in [-0.15, -0.1) is 0 Å². The van der Waals surface area contributed by atoms with Crippen molar-refractivity contribution in [2.75, 3.05) is 19.6 Å². The Morgan fingerprint density at radius 1 is 1.67 bits per heavy atom. The second-order valence-electron chi connectivity index (χ2n) is 3.38. The molecule has 0 atom stereocenters. The van der Waals surface area contributed by atoms with Gasteiger partial charge in [0.05, 0.1) is 12.0 Å². The highest BCUT2D eigenvalue weighted by Crippen LogP contribution is 2.15. The summed E-state index contributed by atoms with van der Waals surface area (Å²) in [6.45, 7) is 4.53. The van der Waals surface area contributed by atoms with Crippen molar-refractivity contribution in [3.63, 3.8) is 0 Å². The smallest absolute Gasteiger partial charge is 0.305 e. The molecule has 0 unspecified atom stereocenters. The maximum Gasteiger partial charge on any atom is 0.305 e. The van der Waals surface area contributed by atoms with Crippen molar-refractivity contribution in [3.05, 3.63) is 0 Å². The molecule has 0 spiro atoms. The van der Waals surface area contributed by atoms with Crippen LogP contribution in [0.25, 0.3) is 0 Å². The Bertz CT molecular complexity index is 166. The van der Waals surface area contributed by atoms with Gasteiger partial charge in [0.25, 0.3) is 0 Å². The van der Waals surface area contributed by atoms with Crippen LogP contribution in [0.3, 0.4) is 0 Å². The highest BCUT2D eigenvalue weighted by Gasteiger charge is 2.37. The summed E-state index contributed by atoms with van der Waals surface area (Å²) >= 11 is 0. The van der Waals surface area contributed by atoms with E-state index in [1.807, 2.05) is 0 Å². The number of aliphatic carboxylic acids is 1. The van der Waals surface area contributed by atoms with Crippen molar-refractivity contribution in [3.8, 4) is 0 Å². The van der Waals surface area contributed by atoms with Gasteiger partial charge in [0, 0.05) is 13.1 Å². The van der Waals surface area contributed by atoms with E-state index < -0.39 is 5.97 Å². The third-order valence-electron chi connectivity index (χ3n) is 2.17. The summed E-state index contributed by atoms with van der Waals surface area (Å²) in [5.41, 5.74) is -0.165. The predicted octanol–water partition coefficient (Wildman–Crippen LogP) is -0.197. The molecule has 1 fully saturated rings.